The SMILES string of the molecule is CC[C@H]1O[C@@H]([O])[C@H](O)[C@@H](O)[C@@H]1O. The molecule has 12 heavy (non-hydrogen) atoms. The molecule has 0 spiro atoms. The average molecular weight is 177 g/mol. The van der Waals surface area contributed by atoms with E-state index in [9.17, 15) is 10.2 Å². The molecule has 1 radical (unpaired) electrons. The predicted octanol–water partition coefficient (Wildman–Crippen LogP) is -1.37. The molecule has 0 aromatic rings. The van der Waals surface area contributed by atoms with Gasteiger partial charge in [-0.15, -0.1) is 0 Å². The van der Waals surface area contributed by atoms with Crippen molar-refractivity contribution in [3.63, 3.8) is 0 Å². The zero-order valence-electron chi connectivity index (χ0n) is 6.75. The zero-order valence-corrected chi connectivity index (χ0v) is 6.75. The van der Waals surface area contributed by atoms with E-state index >= 15 is 0 Å². The van der Waals surface area contributed by atoms with E-state index in [1.54, 1.807) is 6.92 Å². The first-order valence-electron chi connectivity index (χ1n) is 3.93. The molecule has 5 atom stereocenters. The fourth-order valence-corrected chi connectivity index (χ4v) is 1.25. The Balaban J connectivity index is 2.63. The van der Waals surface area contributed by atoms with Crippen LogP contribution in [0.1, 0.15) is 13.3 Å². The number of hydrogen-bond donors (Lipinski definition) is 3. The molecule has 0 bridgehead atoms. The van der Waals surface area contributed by atoms with Crippen molar-refractivity contribution in [1.82, 2.24) is 0 Å². The highest BCUT2D eigenvalue weighted by Gasteiger charge is 2.42. The van der Waals surface area contributed by atoms with Crippen molar-refractivity contribution in [2.75, 3.05) is 0 Å². The standard InChI is InChI=1S/C7H13O5/c1-2-3-4(8)5(9)6(10)7(11)12-3/h3-10H,2H2,1H3/t3-,4-,5+,6-,7-/m1/s1. The van der Waals surface area contributed by atoms with E-state index in [0.29, 0.717) is 6.42 Å². The first-order valence-corrected chi connectivity index (χ1v) is 3.93. The van der Waals surface area contributed by atoms with Gasteiger partial charge in [0.1, 0.15) is 18.3 Å². The summed E-state index contributed by atoms with van der Waals surface area (Å²) in [5.74, 6) is 0. The Hall–Kier alpha value is -0.200. The van der Waals surface area contributed by atoms with Crippen LogP contribution in [0.25, 0.3) is 0 Å². The van der Waals surface area contributed by atoms with Gasteiger partial charge in [-0.25, -0.2) is 0 Å². The predicted molar refractivity (Wildman–Crippen MR) is 37.7 cm³/mol. The van der Waals surface area contributed by atoms with E-state index in [2.05, 4.69) is 0 Å². The van der Waals surface area contributed by atoms with Gasteiger partial charge in [0.15, 0.2) is 0 Å². The van der Waals surface area contributed by atoms with Gasteiger partial charge in [-0.3, -0.25) is 0 Å². The maximum Gasteiger partial charge on any atom is 0.220 e. The quantitative estimate of drug-likeness (QED) is 0.461. The third-order valence-corrected chi connectivity index (χ3v) is 2.07. The molecule has 0 saturated carbocycles. The van der Waals surface area contributed by atoms with Gasteiger partial charge in [0.25, 0.3) is 0 Å². The zero-order chi connectivity index (χ0) is 9.30. The molecule has 1 heterocycles. The highest BCUT2D eigenvalue weighted by atomic mass is 16.6. The first kappa shape index (κ1) is 9.88. The molecule has 71 valence electrons. The lowest BCUT2D eigenvalue weighted by Gasteiger charge is -2.36. The molecule has 0 unspecified atom stereocenters. The van der Waals surface area contributed by atoms with Crippen molar-refractivity contribution < 1.29 is 25.2 Å². The number of aliphatic hydroxyl groups is 3. The number of aliphatic hydroxyl groups excluding tert-OH is 3. The molecule has 1 aliphatic rings. The van der Waals surface area contributed by atoms with E-state index in [4.69, 9.17) is 14.9 Å². The molecule has 0 aromatic carbocycles. The van der Waals surface area contributed by atoms with Crippen LogP contribution in [0.15, 0.2) is 0 Å². The molecule has 3 N–H and O–H groups in total. The van der Waals surface area contributed by atoms with E-state index in [0.717, 1.165) is 0 Å². The Bertz CT molecular complexity index is 146. The summed E-state index contributed by atoms with van der Waals surface area (Å²) in [5.41, 5.74) is 0. The van der Waals surface area contributed by atoms with E-state index in [1.165, 1.54) is 0 Å². The van der Waals surface area contributed by atoms with Gasteiger partial charge in [-0.2, -0.15) is 5.11 Å². The van der Waals surface area contributed by atoms with Gasteiger partial charge < -0.3 is 20.1 Å². The molecule has 0 aromatic heterocycles. The van der Waals surface area contributed by atoms with Crippen molar-refractivity contribution in [3.8, 4) is 0 Å². The van der Waals surface area contributed by atoms with Crippen molar-refractivity contribution in [3.05, 3.63) is 0 Å². The minimum Gasteiger partial charge on any atom is -0.388 e. The average Bonchev–Trinajstić information content (AvgIpc) is 2.08. The van der Waals surface area contributed by atoms with Crippen LogP contribution in [-0.4, -0.2) is 46.0 Å². The third kappa shape index (κ3) is 1.60. The Morgan fingerprint density at radius 1 is 1.17 bits per heavy atom. The van der Waals surface area contributed by atoms with Crippen LogP contribution < -0.4 is 0 Å². The second-order valence-electron chi connectivity index (χ2n) is 2.92. The van der Waals surface area contributed by atoms with E-state index < -0.39 is 30.7 Å². The minimum absolute atomic E-state index is 0.434. The summed E-state index contributed by atoms with van der Waals surface area (Å²) in [5, 5.41) is 38.2. The molecule has 1 saturated heterocycles. The minimum atomic E-state index is -1.66. The molecular formula is C7H13O5. The fraction of sp³-hybridized carbons (Fsp3) is 1.00. The lowest BCUT2D eigenvalue weighted by molar-refractivity contribution is -0.299. The molecule has 5 heteroatoms. The number of rotatable bonds is 1. The second kappa shape index (κ2) is 3.68. The monoisotopic (exact) mass is 177 g/mol. The molecule has 1 fully saturated rings. The van der Waals surface area contributed by atoms with Crippen molar-refractivity contribution in [2.24, 2.45) is 0 Å². The summed E-state index contributed by atoms with van der Waals surface area (Å²) in [4.78, 5) is 0. The van der Waals surface area contributed by atoms with Crippen LogP contribution in [0.5, 0.6) is 0 Å². The summed E-state index contributed by atoms with van der Waals surface area (Å²) in [6, 6.07) is 0. The summed E-state index contributed by atoms with van der Waals surface area (Å²) in [7, 11) is 0. The van der Waals surface area contributed by atoms with Crippen LogP contribution in [0.3, 0.4) is 0 Å². The number of hydrogen-bond acceptors (Lipinski definition) is 4. The lowest BCUT2D eigenvalue weighted by atomic mass is 9.97. The summed E-state index contributed by atoms with van der Waals surface area (Å²) < 4.78 is 4.71. The molecule has 1 aliphatic heterocycles. The topological polar surface area (TPSA) is 89.8 Å². The Kier molecular flexibility index (Phi) is 3.03. The molecule has 5 nitrogen and oxygen atoms in total. The summed E-state index contributed by atoms with van der Waals surface area (Å²) in [6.45, 7) is 1.73. The third-order valence-electron chi connectivity index (χ3n) is 2.07. The van der Waals surface area contributed by atoms with Gasteiger partial charge in [0.2, 0.25) is 6.29 Å². The van der Waals surface area contributed by atoms with Crippen molar-refractivity contribution in [2.45, 2.75) is 44.1 Å². The van der Waals surface area contributed by atoms with Gasteiger partial charge in [0, 0.05) is 0 Å². The van der Waals surface area contributed by atoms with Crippen LogP contribution >= 0.6 is 0 Å². The lowest BCUT2D eigenvalue weighted by Crippen LogP contribution is -2.56. The van der Waals surface area contributed by atoms with Gasteiger partial charge in [-0.1, -0.05) is 6.92 Å². The largest absolute Gasteiger partial charge is 0.388 e. The number of ether oxygens (including phenoxy) is 1. The maximum atomic E-state index is 10.9. The Labute approximate surface area is 70.2 Å². The second-order valence-corrected chi connectivity index (χ2v) is 2.92. The Morgan fingerprint density at radius 2 is 1.75 bits per heavy atom. The molecule has 0 aliphatic carbocycles. The van der Waals surface area contributed by atoms with Crippen LogP contribution in [0, 0.1) is 0 Å². The van der Waals surface area contributed by atoms with Gasteiger partial charge in [0.05, 0.1) is 6.10 Å². The van der Waals surface area contributed by atoms with Crippen molar-refractivity contribution >= 4 is 0 Å². The molecular weight excluding hydrogens is 164 g/mol. The molecule has 1 rings (SSSR count). The van der Waals surface area contributed by atoms with Crippen LogP contribution in [-0.2, 0) is 9.84 Å². The van der Waals surface area contributed by atoms with E-state index in [-0.39, 0.29) is 0 Å². The van der Waals surface area contributed by atoms with Crippen LogP contribution in [0.4, 0.5) is 0 Å². The smallest absolute Gasteiger partial charge is 0.220 e. The highest BCUT2D eigenvalue weighted by Crippen LogP contribution is 2.21. The maximum absolute atomic E-state index is 10.9. The summed E-state index contributed by atoms with van der Waals surface area (Å²) in [6.07, 6.45) is -6.01. The highest BCUT2D eigenvalue weighted by molar-refractivity contribution is 4.87. The fourth-order valence-electron chi connectivity index (χ4n) is 1.25. The molecule has 0 amide bonds. The Morgan fingerprint density at radius 3 is 2.25 bits per heavy atom. The van der Waals surface area contributed by atoms with Crippen molar-refractivity contribution in [1.29, 1.82) is 0 Å². The van der Waals surface area contributed by atoms with Gasteiger partial charge in [-0.05, 0) is 6.42 Å². The summed E-state index contributed by atoms with van der Waals surface area (Å²) >= 11 is 0. The van der Waals surface area contributed by atoms with Gasteiger partial charge >= 0.3 is 0 Å². The van der Waals surface area contributed by atoms with Crippen LogP contribution in [0.2, 0.25) is 0 Å². The normalized spacial score (nSPS) is 49.2. The first-order chi connectivity index (χ1) is 5.57. The van der Waals surface area contributed by atoms with E-state index in [1.807, 2.05) is 0 Å².